The van der Waals surface area contributed by atoms with Crippen LogP contribution < -0.4 is 5.32 Å². The Morgan fingerprint density at radius 3 is 2.76 bits per heavy atom. The Morgan fingerprint density at radius 2 is 2.12 bits per heavy atom. The van der Waals surface area contributed by atoms with Crippen molar-refractivity contribution in [2.75, 3.05) is 0 Å². The summed E-state index contributed by atoms with van der Waals surface area (Å²) in [7, 11) is 0. The molecule has 1 aliphatic carbocycles. The Hall–Kier alpha value is -1.33. The first kappa shape index (κ1) is 12.1. The highest BCUT2D eigenvalue weighted by Crippen LogP contribution is 2.28. The quantitative estimate of drug-likeness (QED) is 0.857. The Morgan fingerprint density at radius 1 is 1.35 bits per heavy atom. The van der Waals surface area contributed by atoms with Crippen molar-refractivity contribution < 1.29 is 0 Å². The second-order valence-electron chi connectivity index (χ2n) is 4.81. The van der Waals surface area contributed by atoms with Gasteiger partial charge in [-0.15, -0.1) is 0 Å². The zero-order chi connectivity index (χ0) is 12.1. The lowest BCUT2D eigenvalue weighted by molar-refractivity contribution is 0.394. The van der Waals surface area contributed by atoms with Crippen molar-refractivity contribution in [1.29, 1.82) is 5.26 Å². The van der Waals surface area contributed by atoms with Gasteiger partial charge in [-0.3, -0.25) is 0 Å². The highest BCUT2D eigenvalue weighted by atomic mass is 15.0. The lowest BCUT2D eigenvalue weighted by Gasteiger charge is -2.24. The summed E-state index contributed by atoms with van der Waals surface area (Å²) in [5.74, 6) is 0.202. The average molecular weight is 228 g/mol. The van der Waals surface area contributed by atoms with Crippen LogP contribution in [0.15, 0.2) is 30.3 Å². The van der Waals surface area contributed by atoms with Crippen LogP contribution in [0.5, 0.6) is 0 Å². The molecular formula is C15H20N2. The molecule has 0 amide bonds. The van der Waals surface area contributed by atoms with E-state index < -0.39 is 0 Å². The largest absolute Gasteiger partial charge is 0.306 e. The fourth-order valence-electron chi connectivity index (χ4n) is 2.71. The zero-order valence-electron chi connectivity index (χ0n) is 10.4. The molecule has 0 radical (unpaired) electrons. The highest BCUT2D eigenvalue weighted by Gasteiger charge is 2.28. The lowest BCUT2D eigenvalue weighted by Crippen LogP contribution is -2.34. The van der Waals surface area contributed by atoms with Gasteiger partial charge >= 0.3 is 0 Å². The summed E-state index contributed by atoms with van der Waals surface area (Å²) in [4.78, 5) is 0. The molecule has 0 spiro atoms. The third-order valence-electron chi connectivity index (χ3n) is 3.71. The molecule has 2 heteroatoms. The van der Waals surface area contributed by atoms with Crippen molar-refractivity contribution in [3.63, 3.8) is 0 Å². The van der Waals surface area contributed by atoms with E-state index >= 15 is 0 Å². The summed E-state index contributed by atoms with van der Waals surface area (Å²) in [6.07, 6.45) is 4.45. The summed E-state index contributed by atoms with van der Waals surface area (Å²) < 4.78 is 0. The molecule has 2 rings (SSSR count). The van der Waals surface area contributed by atoms with Crippen LogP contribution in [0.25, 0.3) is 0 Å². The maximum Gasteiger partial charge on any atom is 0.0672 e. The molecule has 3 atom stereocenters. The van der Waals surface area contributed by atoms with Gasteiger partial charge in [0.05, 0.1) is 12.0 Å². The first-order valence-electron chi connectivity index (χ1n) is 6.55. The topological polar surface area (TPSA) is 35.8 Å². The Labute approximate surface area is 104 Å². The maximum absolute atomic E-state index is 9.10. The summed E-state index contributed by atoms with van der Waals surface area (Å²) >= 11 is 0. The minimum atomic E-state index is 0.202. The van der Waals surface area contributed by atoms with Crippen LogP contribution in [0.2, 0.25) is 0 Å². The first-order valence-corrected chi connectivity index (χ1v) is 6.55. The van der Waals surface area contributed by atoms with E-state index in [0.717, 1.165) is 19.3 Å². The van der Waals surface area contributed by atoms with Gasteiger partial charge in [0.25, 0.3) is 0 Å². The fraction of sp³-hybridized carbons (Fsp3) is 0.533. The molecule has 0 aromatic heterocycles. The number of nitrogens with one attached hydrogen (secondary N) is 1. The molecule has 1 N–H and O–H groups in total. The van der Waals surface area contributed by atoms with E-state index in [4.69, 9.17) is 5.26 Å². The van der Waals surface area contributed by atoms with E-state index in [2.05, 4.69) is 42.6 Å². The Balaban J connectivity index is 2.03. The van der Waals surface area contributed by atoms with Crippen molar-refractivity contribution in [1.82, 2.24) is 5.32 Å². The van der Waals surface area contributed by atoms with Crippen LogP contribution in [-0.2, 0) is 0 Å². The predicted molar refractivity (Wildman–Crippen MR) is 69.4 cm³/mol. The van der Waals surface area contributed by atoms with E-state index in [1.807, 2.05) is 6.07 Å². The second kappa shape index (κ2) is 5.84. The molecule has 1 aromatic carbocycles. The smallest absolute Gasteiger partial charge is 0.0672 e. The molecule has 1 aliphatic rings. The molecule has 90 valence electrons. The van der Waals surface area contributed by atoms with Crippen LogP contribution in [0.3, 0.4) is 0 Å². The number of benzene rings is 1. The van der Waals surface area contributed by atoms with Crippen LogP contribution >= 0.6 is 0 Å². The van der Waals surface area contributed by atoms with Crippen molar-refractivity contribution in [3.05, 3.63) is 35.9 Å². The molecule has 0 heterocycles. The summed E-state index contributed by atoms with van der Waals surface area (Å²) in [6, 6.07) is 13.7. The van der Waals surface area contributed by atoms with Crippen LogP contribution in [0.4, 0.5) is 0 Å². The monoisotopic (exact) mass is 228 g/mol. The van der Waals surface area contributed by atoms with Crippen LogP contribution in [0, 0.1) is 17.2 Å². The van der Waals surface area contributed by atoms with Crippen molar-refractivity contribution >= 4 is 0 Å². The van der Waals surface area contributed by atoms with Gasteiger partial charge in [-0.25, -0.2) is 0 Å². The van der Waals surface area contributed by atoms with Gasteiger partial charge in [0.1, 0.15) is 0 Å². The normalized spacial score (nSPS) is 25.4. The zero-order valence-corrected chi connectivity index (χ0v) is 10.4. The van der Waals surface area contributed by atoms with E-state index in [1.165, 1.54) is 12.0 Å². The molecule has 3 unspecified atom stereocenters. The van der Waals surface area contributed by atoms with Gasteiger partial charge in [0.15, 0.2) is 0 Å². The van der Waals surface area contributed by atoms with E-state index in [9.17, 15) is 0 Å². The van der Waals surface area contributed by atoms with Gasteiger partial charge in [-0.05, 0) is 24.8 Å². The molecule has 1 saturated carbocycles. The molecule has 2 nitrogen and oxygen atoms in total. The summed E-state index contributed by atoms with van der Waals surface area (Å²) in [5.41, 5.74) is 1.33. The van der Waals surface area contributed by atoms with Crippen LogP contribution in [-0.4, -0.2) is 6.04 Å². The number of rotatable bonds is 4. The number of nitriles is 1. The van der Waals surface area contributed by atoms with Crippen molar-refractivity contribution in [2.45, 2.75) is 44.7 Å². The summed E-state index contributed by atoms with van der Waals surface area (Å²) in [5, 5.41) is 12.8. The highest BCUT2D eigenvalue weighted by molar-refractivity contribution is 5.19. The van der Waals surface area contributed by atoms with Crippen molar-refractivity contribution in [2.24, 2.45) is 5.92 Å². The third kappa shape index (κ3) is 2.87. The number of nitrogens with zero attached hydrogens (tertiary/aromatic N) is 1. The minimum absolute atomic E-state index is 0.202. The molecule has 0 saturated heterocycles. The predicted octanol–water partition coefficient (Wildman–Crippen LogP) is 3.42. The SMILES string of the molecule is CCC(NC1CCCC1C#N)c1ccccc1. The van der Waals surface area contributed by atoms with E-state index in [-0.39, 0.29) is 5.92 Å². The van der Waals surface area contributed by atoms with Gasteiger partial charge in [0, 0.05) is 12.1 Å². The number of hydrogen-bond donors (Lipinski definition) is 1. The van der Waals surface area contributed by atoms with E-state index in [1.54, 1.807) is 0 Å². The average Bonchev–Trinajstić information content (AvgIpc) is 2.84. The minimum Gasteiger partial charge on any atom is -0.306 e. The molecule has 1 fully saturated rings. The van der Waals surface area contributed by atoms with E-state index in [0.29, 0.717) is 12.1 Å². The second-order valence-corrected chi connectivity index (χ2v) is 4.81. The van der Waals surface area contributed by atoms with Crippen molar-refractivity contribution in [3.8, 4) is 6.07 Å². The van der Waals surface area contributed by atoms with Gasteiger partial charge < -0.3 is 5.32 Å². The Kier molecular flexibility index (Phi) is 4.17. The maximum atomic E-state index is 9.10. The summed E-state index contributed by atoms with van der Waals surface area (Å²) in [6.45, 7) is 2.20. The third-order valence-corrected chi connectivity index (χ3v) is 3.71. The fourth-order valence-corrected chi connectivity index (χ4v) is 2.71. The number of hydrogen-bond acceptors (Lipinski definition) is 2. The van der Waals surface area contributed by atoms with Gasteiger partial charge in [-0.1, -0.05) is 43.7 Å². The molecule has 0 aliphatic heterocycles. The van der Waals surface area contributed by atoms with Crippen LogP contribution in [0.1, 0.15) is 44.2 Å². The molecule has 17 heavy (non-hydrogen) atoms. The molecule has 1 aromatic rings. The molecule has 0 bridgehead atoms. The van der Waals surface area contributed by atoms with Gasteiger partial charge in [0.2, 0.25) is 0 Å². The Bertz CT molecular complexity index is 380. The van der Waals surface area contributed by atoms with Gasteiger partial charge in [-0.2, -0.15) is 5.26 Å². The standard InChI is InChI=1S/C15H20N2/c1-2-14(12-7-4-3-5-8-12)17-15-10-6-9-13(15)11-16/h3-5,7-8,13-15,17H,2,6,9-10H2,1H3. The molecular weight excluding hydrogens is 208 g/mol. The first-order chi connectivity index (χ1) is 8.35. The lowest BCUT2D eigenvalue weighted by atomic mass is 10.00.